The first-order chi connectivity index (χ1) is 24.3. The molecule has 3 heteroatoms. The number of halogens is 2. The van der Waals surface area contributed by atoms with Gasteiger partial charge in [0.2, 0.25) is 0 Å². The van der Waals surface area contributed by atoms with E-state index in [2.05, 4.69) is 198 Å². The van der Waals surface area contributed by atoms with Crippen molar-refractivity contribution in [2.24, 2.45) is 16.7 Å². The molecule has 3 aliphatic rings. The summed E-state index contributed by atoms with van der Waals surface area (Å²) in [5.74, 6) is 0.556. The van der Waals surface area contributed by atoms with Gasteiger partial charge in [0.05, 0.1) is 0 Å². The quantitative estimate of drug-likeness (QED) is 0.159. The average molecular weight is 831 g/mol. The Hall–Kier alpha value is -2.96. The fraction of sp³-hybridized carbons (Fsp3) is 0.333. The molecule has 0 saturated heterocycles. The van der Waals surface area contributed by atoms with Crippen LogP contribution in [0.3, 0.4) is 0 Å². The van der Waals surface area contributed by atoms with E-state index in [9.17, 15) is 0 Å². The van der Waals surface area contributed by atoms with E-state index in [0.29, 0.717) is 5.92 Å². The molecule has 1 unspecified atom stereocenters. The average Bonchev–Trinajstić information content (AvgIpc) is 3.80. The summed E-state index contributed by atoms with van der Waals surface area (Å²) in [7, 11) is 0. The van der Waals surface area contributed by atoms with Gasteiger partial charge in [0.15, 0.2) is 0 Å². The van der Waals surface area contributed by atoms with Crippen LogP contribution in [0.1, 0.15) is 116 Å². The zero-order valence-electron chi connectivity index (χ0n) is 34.3. The normalized spacial score (nSPS) is 17.4. The van der Waals surface area contributed by atoms with Crippen molar-refractivity contribution in [1.29, 1.82) is 0 Å². The fourth-order valence-electron chi connectivity index (χ4n) is 8.02. The van der Waals surface area contributed by atoms with Crippen molar-refractivity contribution in [2.75, 3.05) is 0 Å². The number of hydrogen-bond donors (Lipinski definition) is 0. The van der Waals surface area contributed by atoms with E-state index >= 15 is 0 Å². The minimum absolute atomic E-state index is 0. The van der Waals surface area contributed by atoms with Gasteiger partial charge >= 0.3 is 99.2 Å². The summed E-state index contributed by atoms with van der Waals surface area (Å²) in [6.07, 6.45) is 12.4. The van der Waals surface area contributed by atoms with Crippen molar-refractivity contribution in [2.45, 2.75) is 93.9 Å². The molecule has 0 aromatic heterocycles. The Morgan fingerprint density at radius 3 is 1.33 bits per heavy atom. The van der Waals surface area contributed by atoms with E-state index in [4.69, 9.17) is 0 Å². The van der Waals surface area contributed by atoms with Crippen molar-refractivity contribution >= 4 is 35.9 Å². The third-order valence-electron chi connectivity index (χ3n) is 10.8. The van der Waals surface area contributed by atoms with Gasteiger partial charge in [0.25, 0.3) is 0 Å². The molecule has 0 saturated carbocycles. The molecule has 0 spiro atoms. The van der Waals surface area contributed by atoms with E-state index < -0.39 is 0 Å². The summed E-state index contributed by atoms with van der Waals surface area (Å²) in [5.41, 5.74) is 13.3. The molecule has 0 aliphatic heterocycles. The summed E-state index contributed by atoms with van der Waals surface area (Å²) in [4.78, 5) is 0. The van der Waals surface area contributed by atoms with Crippen LogP contribution in [0, 0.1) is 22.8 Å². The van der Waals surface area contributed by atoms with Gasteiger partial charge in [-0.1, -0.05) is 117 Å². The molecule has 0 bridgehead atoms. The number of benzene rings is 4. The maximum absolute atomic E-state index is 3.15. The van der Waals surface area contributed by atoms with Crippen LogP contribution in [0.2, 0.25) is 0 Å². The topological polar surface area (TPSA) is 0 Å². The molecule has 0 heterocycles. The molecule has 280 valence electrons. The monoisotopic (exact) mass is 828 g/mol. The number of allylic oxidation sites excluding steroid dienone is 8. The van der Waals surface area contributed by atoms with Gasteiger partial charge in [0, 0.05) is 10.8 Å². The first kappa shape index (κ1) is 43.8. The predicted molar refractivity (Wildman–Crippen MR) is 225 cm³/mol. The van der Waals surface area contributed by atoms with Crippen LogP contribution < -0.4 is 24.8 Å². The molecule has 0 radical (unpaired) electrons. The molecule has 8 rings (SSSR count). The van der Waals surface area contributed by atoms with Crippen LogP contribution in [-0.4, -0.2) is 3.21 Å². The van der Waals surface area contributed by atoms with Crippen molar-refractivity contribution in [3.8, 4) is 0 Å². The molecular formula is C51H56Cl2Zr-2. The number of hydrogen-bond acceptors (Lipinski definition) is 0. The first-order valence-corrected chi connectivity index (χ1v) is 20.2. The second kappa shape index (κ2) is 16.3. The Morgan fingerprint density at radius 2 is 1.04 bits per heavy atom. The minimum atomic E-state index is 0. The maximum atomic E-state index is 3.15. The molecule has 0 fully saturated rings. The number of fused-ring (bicyclic) bond motifs is 5. The van der Waals surface area contributed by atoms with E-state index in [0.717, 1.165) is 0 Å². The fourth-order valence-corrected chi connectivity index (χ4v) is 8.84. The van der Waals surface area contributed by atoms with Crippen molar-refractivity contribution in [3.05, 3.63) is 160 Å². The molecule has 54 heavy (non-hydrogen) atoms. The SMILES string of the molecule is CC(C)(C)C1=CC(C)(C)c2cc3[cH-]c4cc5c(cc4c3cc21)C(C(C)(C)C)=CC5(C)C.CC1=CC(C)[C-]=C1.[Cl-].[Cl-].[Zr+2]=[C](c1ccccc1)c1ccccc1. The summed E-state index contributed by atoms with van der Waals surface area (Å²) in [5, 5.41) is 5.58. The van der Waals surface area contributed by atoms with Crippen LogP contribution in [0.15, 0.2) is 121 Å². The van der Waals surface area contributed by atoms with Gasteiger partial charge in [-0.3, -0.25) is 6.08 Å². The van der Waals surface area contributed by atoms with E-state index in [1.165, 1.54) is 99.1 Å². The zero-order chi connectivity index (χ0) is 37.8. The molecular weight excluding hydrogens is 775 g/mol. The standard InChI is InChI=1S/C31H37.C13H10.C7H9.2ClH.Zr/c1-28(2,3)26-16-30(7,8)24-12-18-11-19-13-25-23(15-21(19)20(18)14-22(24)26)27(29(4,5)6)17-31(25,9)10;1-3-7-12(8-4-1)11-13-9-5-2-6-10-13;1-6-3-4-7(2)5-6;;;/h11-17H,1-10H3;1-10H;3,5,7H,1-2H3;2*1H;/q-1;;-1;;;+2/p-2. The van der Waals surface area contributed by atoms with Crippen LogP contribution in [-0.2, 0) is 35.1 Å². The Morgan fingerprint density at radius 1 is 0.648 bits per heavy atom. The third-order valence-corrected chi connectivity index (χ3v) is 12.2. The summed E-state index contributed by atoms with van der Waals surface area (Å²) < 4.78 is 1.42. The second-order valence-electron chi connectivity index (χ2n) is 18.3. The number of rotatable bonds is 2. The Balaban J connectivity index is 0.000000233. The second-order valence-corrected chi connectivity index (χ2v) is 19.5. The summed E-state index contributed by atoms with van der Waals surface area (Å²) >= 11 is 1.46. The summed E-state index contributed by atoms with van der Waals surface area (Å²) in [6.45, 7) is 27.7. The Bertz CT molecular complexity index is 2130. The van der Waals surface area contributed by atoms with Crippen LogP contribution >= 0.6 is 0 Å². The Kier molecular flexibility index (Phi) is 13.2. The van der Waals surface area contributed by atoms with Crippen LogP contribution in [0.25, 0.3) is 32.7 Å². The molecule has 5 aromatic carbocycles. The van der Waals surface area contributed by atoms with Gasteiger partial charge in [0.1, 0.15) is 0 Å². The molecule has 5 aromatic rings. The van der Waals surface area contributed by atoms with Gasteiger partial charge in [-0.25, -0.2) is 11.6 Å². The van der Waals surface area contributed by atoms with Gasteiger partial charge in [-0.15, -0.1) is 46.7 Å². The molecule has 0 amide bonds. The van der Waals surface area contributed by atoms with Gasteiger partial charge < -0.3 is 24.8 Å². The van der Waals surface area contributed by atoms with Gasteiger partial charge in [-0.2, -0.15) is 6.08 Å². The van der Waals surface area contributed by atoms with E-state index in [1.54, 1.807) is 0 Å². The van der Waals surface area contributed by atoms with E-state index in [-0.39, 0.29) is 46.5 Å². The Labute approximate surface area is 353 Å². The molecule has 3 aliphatic carbocycles. The van der Waals surface area contributed by atoms with Gasteiger partial charge in [-0.05, 0) is 33.1 Å². The van der Waals surface area contributed by atoms with Crippen LogP contribution in [0.4, 0.5) is 0 Å². The van der Waals surface area contributed by atoms with Crippen LogP contribution in [0.5, 0.6) is 0 Å². The van der Waals surface area contributed by atoms with Crippen molar-refractivity contribution in [3.63, 3.8) is 0 Å². The summed E-state index contributed by atoms with van der Waals surface area (Å²) in [6, 6.07) is 33.4. The predicted octanol–water partition coefficient (Wildman–Crippen LogP) is 7.91. The molecule has 0 N–H and O–H groups in total. The molecule has 0 nitrogen and oxygen atoms in total. The van der Waals surface area contributed by atoms with E-state index in [1.807, 2.05) is 6.08 Å². The van der Waals surface area contributed by atoms with Crippen molar-refractivity contribution < 1.29 is 49.0 Å². The zero-order valence-corrected chi connectivity index (χ0v) is 38.3. The molecule has 1 atom stereocenters. The third kappa shape index (κ3) is 9.02. The first-order valence-electron chi connectivity index (χ1n) is 18.9. The van der Waals surface area contributed by atoms with Crippen molar-refractivity contribution in [1.82, 2.24) is 0 Å².